The first kappa shape index (κ1) is 15.1. The molecule has 114 valence electrons. The number of nitrogens with zero attached hydrogens (tertiary/aromatic N) is 1. The van der Waals surface area contributed by atoms with Crippen molar-refractivity contribution in [1.29, 1.82) is 0 Å². The molecule has 2 amide bonds. The molecular formula is C14H25N3O3. The lowest BCUT2D eigenvalue weighted by Gasteiger charge is -2.42. The number of hydrogen-bond acceptors (Lipinski definition) is 3. The SMILES string of the molecule is CCN(CC(=O)O)C1CC(NC(=O)NCC2CC2C)C1. The van der Waals surface area contributed by atoms with Crippen molar-refractivity contribution in [3.8, 4) is 0 Å². The lowest BCUT2D eigenvalue weighted by Crippen LogP contribution is -2.56. The normalized spacial score (nSPS) is 31.6. The highest BCUT2D eigenvalue weighted by molar-refractivity contribution is 5.74. The fraction of sp³-hybridized carbons (Fsp3) is 0.857. The lowest BCUT2D eigenvalue weighted by molar-refractivity contribution is -0.139. The van der Waals surface area contributed by atoms with Crippen molar-refractivity contribution >= 4 is 12.0 Å². The Balaban J connectivity index is 1.60. The monoisotopic (exact) mass is 283 g/mol. The van der Waals surface area contributed by atoms with E-state index < -0.39 is 5.97 Å². The highest BCUT2D eigenvalue weighted by atomic mass is 16.4. The zero-order chi connectivity index (χ0) is 14.7. The molecule has 2 aliphatic carbocycles. The number of rotatable bonds is 7. The van der Waals surface area contributed by atoms with Crippen molar-refractivity contribution in [1.82, 2.24) is 15.5 Å². The van der Waals surface area contributed by atoms with Crippen LogP contribution in [0.3, 0.4) is 0 Å². The highest BCUT2D eigenvalue weighted by Crippen LogP contribution is 2.36. The molecule has 2 aliphatic rings. The van der Waals surface area contributed by atoms with Gasteiger partial charge in [-0.3, -0.25) is 9.69 Å². The molecule has 2 unspecified atom stereocenters. The molecule has 0 bridgehead atoms. The van der Waals surface area contributed by atoms with Crippen LogP contribution < -0.4 is 10.6 Å². The van der Waals surface area contributed by atoms with Gasteiger partial charge in [-0.1, -0.05) is 13.8 Å². The van der Waals surface area contributed by atoms with Gasteiger partial charge in [0.25, 0.3) is 0 Å². The summed E-state index contributed by atoms with van der Waals surface area (Å²) in [6.45, 7) is 5.74. The van der Waals surface area contributed by atoms with Crippen molar-refractivity contribution in [3.63, 3.8) is 0 Å². The van der Waals surface area contributed by atoms with Crippen LogP contribution in [0.25, 0.3) is 0 Å². The predicted octanol–water partition coefficient (Wildman–Crippen LogP) is 0.879. The van der Waals surface area contributed by atoms with Crippen molar-refractivity contribution in [2.24, 2.45) is 11.8 Å². The Labute approximate surface area is 119 Å². The molecule has 6 heteroatoms. The van der Waals surface area contributed by atoms with Crippen LogP contribution in [-0.4, -0.2) is 53.7 Å². The van der Waals surface area contributed by atoms with Crippen LogP contribution in [0.5, 0.6) is 0 Å². The van der Waals surface area contributed by atoms with Gasteiger partial charge in [0.05, 0.1) is 6.54 Å². The predicted molar refractivity (Wildman–Crippen MR) is 75.5 cm³/mol. The van der Waals surface area contributed by atoms with Gasteiger partial charge < -0.3 is 15.7 Å². The number of aliphatic carboxylic acids is 1. The number of hydrogen-bond donors (Lipinski definition) is 3. The fourth-order valence-corrected chi connectivity index (χ4v) is 2.82. The molecule has 20 heavy (non-hydrogen) atoms. The molecule has 0 aromatic rings. The van der Waals surface area contributed by atoms with E-state index in [4.69, 9.17) is 5.11 Å². The number of carboxylic acid groups (broad SMARTS) is 1. The number of likely N-dealkylation sites (N-methyl/N-ethyl adjacent to an activating group) is 1. The van der Waals surface area contributed by atoms with Gasteiger partial charge in [0.1, 0.15) is 0 Å². The second-order valence-electron chi connectivity index (χ2n) is 6.11. The minimum absolute atomic E-state index is 0.0830. The molecule has 2 saturated carbocycles. The molecule has 0 saturated heterocycles. The van der Waals surface area contributed by atoms with Crippen molar-refractivity contribution < 1.29 is 14.7 Å². The molecular weight excluding hydrogens is 258 g/mol. The second-order valence-corrected chi connectivity index (χ2v) is 6.11. The van der Waals surface area contributed by atoms with Gasteiger partial charge in [0.2, 0.25) is 0 Å². The largest absolute Gasteiger partial charge is 0.480 e. The van der Waals surface area contributed by atoms with Crippen molar-refractivity contribution in [3.05, 3.63) is 0 Å². The third-order valence-electron chi connectivity index (χ3n) is 4.51. The molecule has 0 aromatic carbocycles. The molecule has 0 aliphatic heterocycles. The topological polar surface area (TPSA) is 81.7 Å². The molecule has 2 fully saturated rings. The zero-order valence-electron chi connectivity index (χ0n) is 12.3. The van der Waals surface area contributed by atoms with Gasteiger partial charge in [-0.2, -0.15) is 0 Å². The van der Waals surface area contributed by atoms with Gasteiger partial charge >= 0.3 is 12.0 Å². The van der Waals surface area contributed by atoms with Gasteiger partial charge in [-0.15, -0.1) is 0 Å². The summed E-state index contributed by atoms with van der Waals surface area (Å²) in [4.78, 5) is 24.4. The average Bonchev–Trinajstić information content (AvgIpc) is 3.04. The average molecular weight is 283 g/mol. The van der Waals surface area contributed by atoms with E-state index in [0.717, 1.165) is 31.8 Å². The van der Waals surface area contributed by atoms with Crippen LogP contribution >= 0.6 is 0 Å². The van der Waals surface area contributed by atoms with Crippen molar-refractivity contribution in [2.75, 3.05) is 19.6 Å². The molecule has 0 radical (unpaired) electrons. The number of carbonyl (C=O) groups is 2. The molecule has 0 heterocycles. The summed E-state index contributed by atoms with van der Waals surface area (Å²) in [5.41, 5.74) is 0. The number of carbonyl (C=O) groups excluding carboxylic acids is 1. The van der Waals surface area contributed by atoms with E-state index in [9.17, 15) is 9.59 Å². The summed E-state index contributed by atoms with van der Waals surface area (Å²) in [5.74, 6) is 0.609. The number of urea groups is 1. The van der Waals surface area contributed by atoms with E-state index in [1.807, 2.05) is 11.8 Å². The van der Waals surface area contributed by atoms with Crippen LogP contribution in [-0.2, 0) is 4.79 Å². The van der Waals surface area contributed by atoms with Gasteiger partial charge in [-0.05, 0) is 37.6 Å². The van der Waals surface area contributed by atoms with Crippen LogP contribution in [0.4, 0.5) is 4.79 Å². The van der Waals surface area contributed by atoms with Crippen LogP contribution in [0.15, 0.2) is 0 Å². The fourth-order valence-electron chi connectivity index (χ4n) is 2.82. The minimum Gasteiger partial charge on any atom is -0.480 e. The summed E-state index contributed by atoms with van der Waals surface area (Å²) in [5, 5.41) is 14.7. The van der Waals surface area contributed by atoms with Gasteiger partial charge in [-0.25, -0.2) is 4.79 Å². The number of amides is 2. The standard InChI is InChI=1S/C14H25N3O3/c1-3-17(8-13(18)19)12-5-11(6-12)16-14(20)15-7-10-4-9(10)2/h9-12H,3-8H2,1-2H3,(H,18,19)(H2,15,16,20). The summed E-state index contributed by atoms with van der Waals surface area (Å²) in [7, 11) is 0. The highest BCUT2D eigenvalue weighted by Gasteiger charge is 2.35. The maximum atomic E-state index is 11.7. The van der Waals surface area contributed by atoms with E-state index in [2.05, 4.69) is 17.6 Å². The maximum Gasteiger partial charge on any atom is 0.317 e. The van der Waals surface area contributed by atoms with Gasteiger partial charge in [0.15, 0.2) is 0 Å². The van der Waals surface area contributed by atoms with Crippen LogP contribution in [0.2, 0.25) is 0 Å². The van der Waals surface area contributed by atoms with Crippen molar-refractivity contribution in [2.45, 2.75) is 45.2 Å². The lowest BCUT2D eigenvalue weighted by atomic mass is 9.85. The van der Waals surface area contributed by atoms with Crippen LogP contribution in [0, 0.1) is 11.8 Å². The summed E-state index contributed by atoms with van der Waals surface area (Å²) in [6, 6.07) is 0.373. The summed E-state index contributed by atoms with van der Waals surface area (Å²) in [6.07, 6.45) is 2.90. The molecule has 6 nitrogen and oxygen atoms in total. The third kappa shape index (κ3) is 4.10. The van der Waals surface area contributed by atoms with E-state index in [1.54, 1.807) is 0 Å². The third-order valence-corrected chi connectivity index (χ3v) is 4.51. The molecule has 0 spiro atoms. The van der Waals surface area contributed by atoms with E-state index in [-0.39, 0.29) is 24.7 Å². The smallest absolute Gasteiger partial charge is 0.317 e. The van der Waals surface area contributed by atoms with Crippen LogP contribution in [0.1, 0.15) is 33.1 Å². The van der Waals surface area contributed by atoms with Gasteiger partial charge in [0, 0.05) is 18.6 Å². The molecule has 2 rings (SSSR count). The Morgan fingerprint density at radius 2 is 1.95 bits per heavy atom. The minimum atomic E-state index is -0.792. The Morgan fingerprint density at radius 1 is 1.30 bits per heavy atom. The Kier molecular flexibility index (Phi) is 4.86. The number of carboxylic acids is 1. The van der Waals surface area contributed by atoms with E-state index in [0.29, 0.717) is 5.92 Å². The molecule has 0 aromatic heterocycles. The Morgan fingerprint density at radius 3 is 2.45 bits per heavy atom. The second kappa shape index (κ2) is 6.43. The first-order valence-corrected chi connectivity index (χ1v) is 7.49. The number of nitrogens with one attached hydrogen (secondary N) is 2. The van der Waals surface area contributed by atoms with E-state index >= 15 is 0 Å². The Hall–Kier alpha value is -1.30. The molecule has 3 N–H and O–H groups in total. The zero-order valence-corrected chi connectivity index (χ0v) is 12.3. The first-order valence-electron chi connectivity index (χ1n) is 7.49. The molecule has 2 atom stereocenters. The Bertz CT molecular complexity index is 369. The van der Waals surface area contributed by atoms with E-state index in [1.165, 1.54) is 6.42 Å². The quantitative estimate of drug-likeness (QED) is 0.648. The maximum absolute atomic E-state index is 11.7. The summed E-state index contributed by atoms with van der Waals surface area (Å²) >= 11 is 0. The summed E-state index contributed by atoms with van der Waals surface area (Å²) < 4.78 is 0. The first-order chi connectivity index (χ1) is 9.49.